The Morgan fingerprint density at radius 1 is 1.00 bits per heavy atom. The van der Waals surface area contributed by atoms with Crippen molar-refractivity contribution in [1.82, 2.24) is 24.4 Å². The number of ether oxygens (including phenoxy) is 1. The fourth-order valence-electron chi connectivity index (χ4n) is 4.84. The van der Waals surface area contributed by atoms with E-state index in [9.17, 15) is 9.18 Å². The third-order valence-corrected chi connectivity index (χ3v) is 6.57. The van der Waals surface area contributed by atoms with Crippen LogP contribution in [0.5, 0.6) is 0 Å². The highest BCUT2D eigenvalue weighted by atomic mass is 19.1. The Labute approximate surface area is 219 Å². The first-order valence-electron chi connectivity index (χ1n) is 12.5. The van der Waals surface area contributed by atoms with E-state index in [-0.39, 0.29) is 18.2 Å². The van der Waals surface area contributed by atoms with Crippen LogP contribution >= 0.6 is 0 Å². The number of benzene rings is 1. The minimum Gasteiger partial charge on any atom is -0.444 e. The van der Waals surface area contributed by atoms with E-state index >= 15 is 4.39 Å². The van der Waals surface area contributed by atoms with Crippen LogP contribution in [-0.2, 0) is 4.74 Å². The van der Waals surface area contributed by atoms with Crippen LogP contribution in [0.3, 0.4) is 0 Å². The number of hydrogen-bond acceptors (Lipinski definition) is 6. The van der Waals surface area contributed by atoms with Gasteiger partial charge in [0.2, 0.25) is 0 Å². The van der Waals surface area contributed by atoms with Gasteiger partial charge in [0.25, 0.3) is 0 Å². The Morgan fingerprint density at radius 3 is 2.47 bits per heavy atom. The molecule has 0 bridgehead atoms. The van der Waals surface area contributed by atoms with Gasteiger partial charge in [-0.3, -0.25) is 4.57 Å². The van der Waals surface area contributed by atoms with Gasteiger partial charge in [0.1, 0.15) is 35.2 Å². The van der Waals surface area contributed by atoms with Crippen molar-refractivity contribution in [1.29, 1.82) is 0 Å². The summed E-state index contributed by atoms with van der Waals surface area (Å²) in [7, 11) is 0. The molecular formula is C28H30F2N6O2. The van der Waals surface area contributed by atoms with Crippen molar-refractivity contribution in [2.24, 2.45) is 0 Å². The molecule has 0 aliphatic carbocycles. The number of aromatic nitrogens is 4. The maximum atomic E-state index is 15.1. The fourth-order valence-corrected chi connectivity index (χ4v) is 4.84. The van der Waals surface area contributed by atoms with E-state index in [0.717, 1.165) is 0 Å². The molecule has 4 heterocycles. The first kappa shape index (κ1) is 25.6. The first-order valence-corrected chi connectivity index (χ1v) is 12.5. The Balaban J connectivity index is 1.63. The number of pyridine rings is 1. The molecule has 1 fully saturated rings. The summed E-state index contributed by atoms with van der Waals surface area (Å²) in [4.78, 5) is 30.1. The lowest BCUT2D eigenvalue weighted by atomic mass is 10.0. The lowest BCUT2D eigenvalue weighted by molar-refractivity contribution is 0.0130. The number of nitrogens with zero attached hydrogens (tertiary/aromatic N) is 6. The minimum absolute atomic E-state index is 0.124. The summed E-state index contributed by atoms with van der Waals surface area (Å²) in [6, 6.07) is 8.75. The van der Waals surface area contributed by atoms with Crippen LogP contribution in [-0.4, -0.2) is 61.3 Å². The summed E-state index contributed by atoms with van der Waals surface area (Å²) in [6.45, 7) is 10.4. The molecule has 8 nitrogen and oxygen atoms in total. The number of carbonyl (C=O) groups excluding carboxylic acids is 1. The highest BCUT2D eigenvalue weighted by molar-refractivity contribution is 6.02. The van der Waals surface area contributed by atoms with Crippen LogP contribution in [0, 0.1) is 11.6 Å². The van der Waals surface area contributed by atoms with Gasteiger partial charge in [-0.15, -0.1) is 0 Å². The van der Waals surface area contributed by atoms with E-state index in [1.54, 1.807) is 33.9 Å². The molecule has 0 spiro atoms. The van der Waals surface area contributed by atoms with Gasteiger partial charge < -0.3 is 14.5 Å². The largest absolute Gasteiger partial charge is 0.444 e. The summed E-state index contributed by atoms with van der Waals surface area (Å²) >= 11 is 0. The second-order valence-electron chi connectivity index (χ2n) is 10.6. The van der Waals surface area contributed by atoms with Crippen LogP contribution < -0.4 is 4.90 Å². The van der Waals surface area contributed by atoms with Crippen molar-refractivity contribution in [2.75, 3.05) is 18.0 Å². The number of anilines is 1. The van der Waals surface area contributed by atoms with Crippen molar-refractivity contribution in [3.63, 3.8) is 0 Å². The van der Waals surface area contributed by atoms with E-state index in [0.29, 0.717) is 46.9 Å². The number of rotatable bonds is 3. The average Bonchev–Trinajstić information content (AvgIpc) is 3.24. The molecule has 1 saturated heterocycles. The van der Waals surface area contributed by atoms with E-state index < -0.39 is 17.2 Å². The summed E-state index contributed by atoms with van der Waals surface area (Å²) < 4.78 is 36.5. The molecule has 10 heteroatoms. The van der Waals surface area contributed by atoms with Crippen molar-refractivity contribution in [3.8, 4) is 16.9 Å². The fraction of sp³-hybridized carbons (Fsp3) is 0.357. The van der Waals surface area contributed by atoms with Crippen LogP contribution in [0.4, 0.5) is 19.4 Å². The van der Waals surface area contributed by atoms with Gasteiger partial charge in [-0.1, -0.05) is 18.2 Å². The number of hydrogen-bond donors (Lipinski definition) is 0. The summed E-state index contributed by atoms with van der Waals surface area (Å²) in [5, 5.41) is 0.619. The zero-order chi connectivity index (χ0) is 27.2. The molecule has 0 saturated carbocycles. The Bertz CT molecular complexity index is 1500. The molecule has 5 rings (SSSR count). The molecule has 0 N–H and O–H groups in total. The summed E-state index contributed by atoms with van der Waals surface area (Å²) in [6.07, 6.45) is 4.17. The van der Waals surface area contributed by atoms with Crippen molar-refractivity contribution >= 4 is 22.9 Å². The quantitative estimate of drug-likeness (QED) is 0.350. The molecule has 1 aromatic carbocycles. The predicted molar refractivity (Wildman–Crippen MR) is 141 cm³/mol. The standard InChI is InChI=1S/C28H30F2N6O2/c1-17-14-35(27(37)38-28(3,4)5)18(2)13-34(17)25-24-21(20-8-6-7-9-22(20)30)15-36(26(24)33-16-32-25)23-12-19(29)10-11-31-23/h6-12,15-18H,13-14H2,1-5H3/t17-,18+/m0/s1. The van der Waals surface area contributed by atoms with Crippen LogP contribution in [0.2, 0.25) is 0 Å². The molecule has 0 unspecified atom stereocenters. The molecule has 38 heavy (non-hydrogen) atoms. The molecule has 4 aromatic rings. The van der Waals surface area contributed by atoms with E-state index in [4.69, 9.17) is 4.74 Å². The van der Waals surface area contributed by atoms with Crippen molar-refractivity contribution < 1.29 is 18.3 Å². The number of halogens is 2. The number of fused-ring (bicyclic) bond motifs is 1. The van der Waals surface area contributed by atoms with Crippen LogP contribution in [0.1, 0.15) is 34.6 Å². The van der Waals surface area contributed by atoms with Gasteiger partial charge in [-0.2, -0.15) is 0 Å². The maximum absolute atomic E-state index is 15.1. The average molecular weight is 521 g/mol. The first-order chi connectivity index (χ1) is 18.0. The van der Waals surface area contributed by atoms with E-state index in [2.05, 4.69) is 19.9 Å². The molecular weight excluding hydrogens is 490 g/mol. The van der Waals surface area contributed by atoms with Gasteiger partial charge >= 0.3 is 6.09 Å². The molecule has 1 aliphatic rings. The highest BCUT2D eigenvalue weighted by Gasteiger charge is 2.36. The molecule has 2 atom stereocenters. The maximum Gasteiger partial charge on any atom is 0.410 e. The lowest BCUT2D eigenvalue weighted by Crippen LogP contribution is -2.59. The molecule has 1 amide bonds. The second kappa shape index (κ2) is 9.66. The Kier molecular flexibility index (Phi) is 6.50. The lowest BCUT2D eigenvalue weighted by Gasteiger charge is -2.44. The number of amides is 1. The van der Waals surface area contributed by atoms with Gasteiger partial charge in [0, 0.05) is 54.8 Å². The smallest absolute Gasteiger partial charge is 0.410 e. The molecule has 3 aromatic heterocycles. The van der Waals surface area contributed by atoms with E-state index in [1.807, 2.05) is 34.6 Å². The predicted octanol–water partition coefficient (Wildman–Crippen LogP) is 5.59. The third-order valence-electron chi connectivity index (χ3n) is 6.57. The summed E-state index contributed by atoms with van der Waals surface area (Å²) in [5.74, 6) is 0.0778. The van der Waals surface area contributed by atoms with Crippen molar-refractivity contribution in [2.45, 2.75) is 52.3 Å². The van der Waals surface area contributed by atoms with Crippen LogP contribution in [0.25, 0.3) is 28.0 Å². The Morgan fingerprint density at radius 2 is 1.76 bits per heavy atom. The second-order valence-corrected chi connectivity index (χ2v) is 10.6. The molecule has 1 aliphatic heterocycles. The van der Waals surface area contributed by atoms with Gasteiger partial charge in [-0.05, 0) is 46.8 Å². The van der Waals surface area contributed by atoms with Crippen molar-refractivity contribution in [3.05, 3.63) is 66.8 Å². The SMILES string of the molecule is C[C@@H]1CN(c2ncnc3c2c(-c2ccccc2F)cn3-c2cc(F)ccn2)[C@@H](C)CN1C(=O)OC(C)(C)C. The minimum atomic E-state index is -0.599. The number of carbonyl (C=O) groups is 1. The Hall–Kier alpha value is -4.08. The van der Waals surface area contributed by atoms with Crippen LogP contribution in [0.15, 0.2) is 55.1 Å². The monoisotopic (exact) mass is 520 g/mol. The van der Waals surface area contributed by atoms with Gasteiger partial charge in [0.15, 0.2) is 5.65 Å². The topological polar surface area (TPSA) is 76.4 Å². The normalized spacial score (nSPS) is 18.2. The van der Waals surface area contributed by atoms with E-state index in [1.165, 1.54) is 30.7 Å². The summed E-state index contributed by atoms with van der Waals surface area (Å²) in [5.41, 5.74) is 0.810. The third kappa shape index (κ3) is 4.78. The zero-order valence-electron chi connectivity index (χ0n) is 22.0. The zero-order valence-corrected chi connectivity index (χ0v) is 22.0. The molecule has 198 valence electrons. The van der Waals surface area contributed by atoms with Gasteiger partial charge in [-0.25, -0.2) is 28.5 Å². The van der Waals surface area contributed by atoms with Gasteiger partial charge in [0.05, 0.1) is 5.39 Å². The molecule has 0 radical (unpaired) electrons. The highest BCUT2D eigenvalue weighted by Crippen LogP contribution is 2.39. The number of piperazine rings is 1.